The Morgan fingerprint density at radius 3 is 0.956 bits per heavy atom. The van der Waals surface area contributed by atoms with Gasteiger partial charge in [-0.1, -0.05) is 349 Å². The van der Waals surface area contributed by atoms with Gasteiger partial charge in [0.25, 0.3) is 0 Å². The Morgan fingerprint density at radius 1 is 0.316 bits per heavy atom. The third-order valence-electron chi connectivity index (χ3n) is 21.1. The van der Waals surface area contributed by atoms with E-state index < -0.39 is 0 Å². The van der Waals surface area contributed by atoms with Crippen LogP contribution in [0.15, 0.2) is 334 Å². The third-order valence-corrected chi connectivity index (χ3v) is 21.1. The van der Waals surface area contributed by atoms with Crippen LogP contribution in [0.3, 0.4) is 0 Å². The number of nitrogens with two attached hydrogens (primary N) is 6. The topological polar surface area (TPSA) is 156 Å². The van der Waals surface area contributed by atoms with Crippen LogP contribution in [0.2, 0.25) is 0 Å². The van der Waals surface area contributed by atoms with E-state index in [0.29, 0.717) is 0 Å². The maximum Gasteiger partial charge on any atom is 0.0314 e. The molecule has 0 aliphatic heterocycles. The molecule has 0 radical (unpaired) electrons. The molecule has 0 spiro atoms. The molecule has 0 amide bonds. The van der Waals surface area contributed by atoms with Crippen LogP contribution < -0.4 is 34.4 Å². The molecule has 0 aliphatic carbocycles. The zero-order valence-corrected chi connectivity index (χ0v) is 70.9. The van der Waals surface area contributed by atoms with Crippen molar-refractivity contribution in [3.8, 4) is 0 Å². The van der Waals surface area contributed by atoms with E-state index in [2.05, 4.69) is 343 Å². The summed E-state index contributed by atoms with van der Waals surface area (Å²) in [6.45, 7) is 47.4. The minimum atomic E-state index is -0.0524. The molecule has 12 aromatic rings. The second-order valence-corrected chi connectivity index (χ2v) is 32.8. The highest BCUT2D eigenvalue weighted by Crippen LogP contribution is 2.39. The van der Waals surface area contributed by atoms with E-state index in [1.54, 1.807) is 0 Å². The fourth-order valence-electron chi connectivity index (χ4n) is 13.4. The van der Waals surface area contributed by atoms with E-state index in [1.165, 1.54) is 106 Å². The predicted octanol–water partition coefficient (Wildman–Crippen LogP) is 27.6. The minimum absolute atomic E-state index is 0.0112. The van der Waals surface area contributed by atoms with Crippen LogP contribution in [-0.4, -0.2) is 0 Å². The van der Waals surface area contributed by atoms with Crippen molar-refractivity contribution in [2.75, 3.05) is 34.4 Å². The van der Waals surface area contributed by atoms with E-state index in [-0.39, 0.29) is 21.7 Å². The van der Waals surface area contributed by atoms with Crippen molar-refractivity contribution in [1.82, 2.24) is 0 Å². The molecule has 0 bridgehead atoms. The van der Waals surface area contributed by atoms with Crippen LogP contribution in [0.5, 0.6) is 0 Å². The first-order valence-electron chi connectivity index (χ1n) is 39.6. The third kappa shape index (κ3) is 28.3. The quantitative estimate of drug-likeness (QED) is 0.0254. The maximum absolute atomic E-state index is 5.82. The van der Waals surface area contributed by atoms with Gasteiger partial charge in [0.15, 0.2) is 0 Å². The molecule has 6 heteroatoms. The van der Waals surface area contributed by atoms with Crippen LogP contribution in [0.4, 0.5) is 34.1 Å². The zero-order chi connectivity index (χ0) is 83.3. The first-order valence-corrected chi connectivity index (χ1v) is 39.6. The summed E-state index contributed by atoms with van der Waals surface area (Å²) in [7, 11) is 0. The smallest absolute Gasteiger partial charge is 0.0314 e. The highest BCUT2D eigenvalue weighted by atomic mass is 14.6. The zero-order valence-electron chi connectivity index (χ0n) is 70.9. The molecule has 12 rings (SSSR count). The number of anilines is 6. The Labute approximate surface area is 685 Å². The van der Waals surface area contributed by atoms with E-state index in [4.69, 9.17) is 34.4 Å². The lowest BCUT2D eigenvalue weighted by Crippen LogP contribution is -2.22. The van der Waals surface area contributed by atoms with E-state index in [0.717, 1.165) is 82.1 Å². The van der Waals surface area contributed by atoms with Crippen molar-refractivity contribution in [3.63, 3.8) is 0 Å². The van der Waals surface area contributed by atoms with Gasteiger partial charge in [-0.3, -0.25) is 0 Å². The monoisotopic (exact) mass is 1510 g/mol. The molecule has 6 nitrogen and oxygen atoms in total. The summed E-state index contributed by atoms with van der Waals surface area (Å²) >= 11 is 0. The van der Waals surface area contributed by atoms with Crippen LogP contribution in [-0.2, 0) is 28.1 Å². The number of benzene rings is 12. The van der Waals surface area contributed by atoms with E-state index in [1.807, 2.05) is 103 Å². The summed E-state index contributed by atoms with van der Waals surface area (Å²) in [4.78, 5) is 0. The van der Waals surface area contributed by atoms with Crippen LogP contribution in [0.1, 0.15) is 189 Å². The van der Waals surface area contributed by atoms with Crippen LogP contribution in [0.25, 0.3) is 28.9 Å². The van der Waals surface area contributed by atoms with Crippen molar-refractivity contribution >= 4 is 63.0 Å². The SMILES string of the molecule is C=C(CC(C)(C)c1ccc(N)cc1)c1ccc(C)cc1.C=C(c1ccc(C)cc1)c1ccc(N)cc1.C=CCC(C)(c1ccc(C)cc1)c1ccc(N)cc1.CC(=CC(C)(C)c1ccc(N)cc1)c1ccc(C)cc1.CC(C)=C(Cc1ccc(C)cc1)CC(C)(C)c1ccc(N)cc1.Cc1ccc(/C=C/c2ccc(N)cc2)cc1. The number of hydrogen-bond acceptors (Lipinski definition) is 6. The summed E-state index contributed by atoms with van der Waals surface area (Å²) in [6, 6.07) is 100. The summed E-state index contributed by atoms with van der Waals surface area (Å²) in [5.41, 5.74) is 68.5. The number of allylic oxidation sites excluding steroid dienone is 6. The molecule has 0 saturated carbocycles. The first-order chi connectivity index (χ1) is 54.0. The Kier molecular flexibility index (Phi) is 32.8. The average molecular weight is 1510 g/mol. The van der Waals surface area contributed by atoms with Gasteiger partial charge in [-0.25, -0.2) is 0 Å². The normalized spacial score (nSPS) is 11.7. The first kappa shape index (κ1) is 89.1. The standard InChI is InChI=1S/C22H29N.2C19H23N.C18H21N.2C15H15N/c1-16(2)19(14-18-8-6-17(3)7-9-18)15-22(4,5)20-10-12-21(23)13-11-20;2*1-14-5-7-16(8-6-14)15(2)13-19(3,4)17-9-11-18(20)12-10-17;1-4-13-18(3,15-7-5-14(2)6-8-15)16-9-11-17(19)12-10-16;1-11-3-5-13(6-4-11)12(2)14-7-9-15(16)10-8-14;1-12-2-4-13(5-3-12)6-7-14-8-10-15(16)11-9-14/h6-13H,14-15,23H2,1-5H3;5-13H,20H2,1-4H3;5-12H,2,13,20H2,1,3-4H3;4-12H,1,13,19H2,2-3H3;3-10H,2,16H2,1H3;2-11H,16H2,1H3/b;;;;;7-6+. The van der Waals surface area contributed by atoms with Crippen molar-refractivity contribution in [3.05, 3.63) is 434 Å². The molecule has 0 aromatic heterocycles. The van der Waals surface area contributed by atoms with Crippen molar-refractivity contribution in [2.45, 2.75) is 158 Å². The van der Waals surface area contributed by atoms with E-state index >= 15 is 0 Å². The molecule has 0 heterocycles. The molecule has 12 N–H and O–H groups in total. The molecule has 0 saturated heterocycles. The van der Waals surface area contributed by atoms with E-state index in [9.17, 15) is 0 Å². The lowest BCUT2D eigenvalue weighted by atomic mass is 9.73. The molecule has 588 valence electrons. The molecule has 1 atom stereocenters. The highest BCUT2D eigenvalue weighted by Gasteiger charge is 2.28. The van der Waals surface area contributed by atoms with Crippen molar-refractivity contribution in [2.24, 2.45) is 0 Å². The summed E-state index contributed by atoms with van der Waals surface area (Å²) in [5.74, 6) is 0. The van der Waals surface area contributed by atoms with Gasteiger partial charge >= 0.3 is 0 Å². The van der Waals surface area contributed by atoms with Crippen LogP contribution >= 0.6 is 0 Å². The predicted molar refractivity (Wildman–Crippen MR) is 504 cm³/mol. The highest BCUT2D eigenvalue weighted by molar-refractivity contribution is 5.79. The number of aryl methyl sites for hydroxylation is 6. The Hall–Kier alpha value is -12.1. The van der Waals surface area contributed by atoms with Crippen molar-refractivity contribution in [1.29, 1.82) is 0 Å². The van der Waals surface area contributed by atoms with Gasteiger partial charge in [0.1, 0.15) is 0 Å². The summed E-state index contributed by atoms with van der Waals surface area (Å²) in [5, 5.41) is 0. The molecular weight excluding hydrogens is 1380 g/mol. The van der Waals surface area contributed by atoms with Gasteiger partial charge in [-0.2, -0.15) is 0 Å². The molecule has 12 aromatic carbocycles. The van der Waals surface area contributed by atoms with Gasteiger partial charge < -0.3 is 34.4 Å². The largest absolute Gasteiger partial charge is 0.399 e. The number of nitrogen functional groups attached to an aromatic ring is 6. The number of rotatable bonds is 20. The second-order valence-electron chi connectivity index (χ2n) is 32.8. The van der Waals surface area contributed by atoms with Gasteiger partial charge in [0, 0.05) is 45.0 Å². The van der Waals surface area contributed by atoms with Gasteiger partial charge in [-0.15, -0.1) is 6.58 Å². The Bertz CT molecular complexity index is 4930. The molecule has 0 fully saturated rings. The fourth-order valence-corrected chi connectivity index (χ4v) is 13.4. The molecular formula is C108H126N6. The average Bonchev–Trinajstić information content (AvgIpc) is 0.783. The summed E-state index contributed by atoms with van der Waals surface area (Å²) in [6.07, 6.45) is 12.4. The Morgan fingerprint density at radius 2 is 0.588 bits per heavy atom. The van der Waals surface area contributed by atoms with Gasteiger partial charge in [-0.05, 0) is 255 Å². The molecule has 114 heavy (non-hydrogen) atoms. The maximum atomic E-state index is 5.82. The Balaban J connectivity index is 0.000000190. The lowest BCUT2D eigenvalue weighted by molar-refractivity contribution is 0.512. The molecule has 0 aliphatic rings. The minimum Gasteiger partial charge on any atom is -0.399 e. The fraction of sp³-hybridized carbons (Fsp3) is 0.222. The van der Waals surface area contributed by atoms with Crippen molar-refractivity contribution < 1.29 is 0 Å². The number of hydrogen-bond donors (Lipinski definition) is 6. The second kappa shape index (κ2) is 42.0. The molecule has 1 unspecified atom stereocenters. The van der Waals surface area contributed by atoms with Gasteiger partial charge in [0.2, 0.25) is 0 Å². The summed E-state index contributed by atoms with van der Waals surface area (Å²) < 4.78 is 0. The van der Waals surface area contributed by atoms with Gasteiger partial charge in [0.05, 0.1) is 0 Å². The van der Waals surface area contributed by atoms with Crippen LogP contribution in [0, 0.1) is 41.5 Å². The lowest BCUT2D eigenvalue weighted by Gasteiger charge is -2.30.